The Labute approximate surface area is 180 Å². The standard InChI is InChI=1S/C21H22N4O5S/c1-25(19-12-9-16-5-3-4-6-18(16)23-19)20(26)22-14-13-15-7-10-17(11-8-15)31(28,29)24-21(27)30-2/h3-12H,13-14H2,1-2H3,(H,22,26)(H,24,27). The minimum atomic E-state index is -3.99. The molecule has 1 aromatic heterocycles. The number of benzene rings is 2. The molecule has 0 fully saturated rings. The number of aromatic nitrogens is 1. The highest BCUT2D eigenvalue weighted by atomic mass is 32.2. The van der Waals surface area contributed by atoms with Crippen molar-refractivity contribution in [2.24, 2.45) is 0 Å². The number of carbonyl (C=O) groups is 2. The SMILES string of the molecule is COC(=O)NS(=O)(=O)c1ccc(CCNC(=O)N(C)c2ccc3ccccc3n2)cc1. The zero-order valence-corrected chi connectivity index (χ0v) is 17.8. The fourth-order valence-electron chi connectivity index (χ4n) is 2.82. The molecule has 31 heavy (non-hydrogen) atoms. The molecule has 0 saturated heterocycles. The van der Waals surface area contributed by atoms with E-state index in [-0.39, 0.29) is 10.9 Å². The molecular weight excluding hydrogens is 420 g/mol. The number of para-hydroxylation sites is 1. The smallest absolute Gasteiger partial charge is 0.420 e. The molecule has 0 atom stereocenters. The van der Waals surface area contributed by atoms with Crippen LogP contribution in [0.25, 0.3) is 10.9 Å². The molecule has 0 spiro atoms. The molecule has 9 nitrogen and oxygen atoms in total. The Morgan fingerprint density at radius 2 is 1.74 bits per heavy atom. The highest BCUT2D eigenvalue weighted by molar-refractivity contribution is 7.90. The first-order chi connectivity index (χ1) is 14.8. The van der Waals surface area contributed by atoms with Gasteiger partial charge in [-0.3, -0.25) is 4.90 Å². The van der Waals surface area contributed by atoms with Crippen LogP contribution in [0.1, 0.15) is 5.56 Å². The van der Waals surface area contributed by atoms with Gasteiger partial charge in [0.05, 0.1) is 17.5 Å². The number of nitrogens with one attached hydrogen (secondary N) is 2. The molecule has 0 saturated carbocycles. The molecule has 2 N–H and O–H groups in total. The van der Waals surface area contributed by atoms with Gasteiger partial charge in [0.25, 0.3) is 10.0 Å². The first-order valence-corrected chi connectivity index (χ1v) is 10.9. The maximum atomic E-state index is 12.4. The fourth-order valence-corrected chi connectivity index (χ4v) is 3.74. The number of amides is 3. The third-order valence-corrected chi connectivity index (χ3v) is 5.89. The van der Waals surface area contributed by atoms with Gasteiger partial charge >= 0.3 is 12.1 Å². The summed E-state index contributed by atoms with van der Waals surface area (Å²) in [6.45, 7) is 0.350. The van der Waals surface area contributed by atoms with E-state index < -0.39 is 16.1 Å². The molecule has 3 amide bonds. The normalized spacial score (nSPS) is 11.0. The van der Waals surface area contributed by atoms with Gasteiger partial charge in [-0.1, -0.05) is 30.3 Å². The van der Waals surface area contributed by atoms with Crippen LogP contribution in [-0.2, 0) is 21.2 Å². The van der Waals surface area contributed by atoms with Gasteiger partial charge in [0.2, 0.25) is 0 Å². The summed E-state index contributed by atoms with van der Waals surface area (Å²) in [5.41, 5.74) is 1.63. The third kappa shape index (κ3) is 5.48. The van der Waals surface area contributed by atoms with E-state index in [1.807, 2.05) is 30.3 Å². The maximum Gasteiger partial charge on any atom is 0.420 e. The van der Waals surface area contributed by atoms with Crippen molar-refractivity contribution >= 4 is 38.9 Å². The highest BCUT2D eigenvalue weighted by Gasteiger charge is 2.17. The summed E-state index contributed by atoms with van der Waals surface area (Å²) in [4.78, 5) is 29.4. The van der Waals surface area contributed by atoms with Crippen LogP contribution in [0.4, 0.5) is 15.4 Å². The number of sulfonamides is 1. The minimum Gasteiger partial charge on any atom is -0.452 e. The lowest BCUT2D eigenvalue weighted by Gasteiger charge is -2.17. The van der Waals surface area contributed by atoms with Crippen LogP contribution in [0.5, 0.6) is 0 Å². The monoisotopic (exact) mass is 442 g/mol. The summed E-state index contributed by atoms with van der Waals surface area (Å²) in [6.07, 6.45) is -0.563. The molecule has 3 rings (SSSR count). The van der Waals surface area contributed by atoms with E-state index in [9.17, 15) is 18.0 Å². The predicted molar refractivity (Wildman–Crippen MR) is 116 cm³/mol. The van der Waals surface area contributed by atoms with Gasteiger partial charge in [-0.05, 0) is 42.3 Å². The van der Waals surface area contributed by atoms with Gasteiger partial charge in [0, 0.05) is 19.0 Å². The molecule has 0 aliphatic carbocycles. The third-order valence-electron chi connectivity index (χ3n) is 4.56. The predicted octanol–water partition coefficient (Wildman–Crippen LogP) is 2.67. The van der Waals surface area contributed by atoms with E-state index in [4.69, 9.17) is 0 Å². The van der Waals surface area contributed by atoms with Crippen molar-refractivity contribution in [2.75, 3.05) is 25.6 Å². The van der Waals surface area contributed by atoms with Crippen molar-refractivity contribution in [3.8, 4) is 0 Å². The fraction of sp³-hybridized carbons (Fsp3) is 0.190. The molecule has 0 radical (unpaired) electrons. The number of carbonyl (C=O) groups excluding carboxylic acids is 2. The summed E-state index contributed by atoms with van der Waals surface area (Å²) < 4.78 is 30.1. The van der Waals surface area contributed by atoms with E-state index in [1.54, 1.807) is 30.0 Å². The second-order valence-corrected chi connectivity index (χ2v) is 8.33. The van der Waals surface area contributed by atoms with Crippen molar-refractivity contribution in [3.05, 3.63) is 66.2 Å². The summed E-state index contributed by atoms with van der Waals surface area (Å²) in [6, 6.07) is 17.0. The first-order valence-electron chi connectivity index (χ1n) is 9.37. The number of hydrogen-bond donors (Lipinski definition) is 2. The molecule has 0 aliphatic rings. The van der Waals surface area contributed by atoms with E-state index in [1.165, 1.54) is 17.0 Å². The molecule has 10 heteroatoms. The molecule has 3 aromatic rings. The number of fused-ring (bicyclic) bond motifs is 1. The number of hydrogen-bond acceptors (Lipinski definition) is 6. The van der Waals surface area contributed by atoms with Crippen LogP contribution in [0.15, 0.2) is 65.6 Å². The summed E-state index contributed by atoms with van der Waals surface area (Å²) in [7, 11) is -1.27. The second-order valence-electron chi connectivity index (χ2n) is 6.64. The van der Waals surface area contributed by atoms with E-state index in [0.717, 1.165) is 23.6 Å². The molecule has 0 aliphatic heterocycles. The first kappa shape index (κ1) is 22.0. The van der Waals surface area contributed by atoms with Gasteiger partial charge in [-0.15, -0.1) is 0 Å². The Kier molecular flexibility index (Phi) is 6.71. The number of methoxy groups -OCH3 is 1. The number of anilines is 1. The minimum absolute atomic E-state index is 0.0622. The highest BCUT2D eigenvalue weighted by Crippen LogP contribution is 2.17. The topological polar surface area (TPSA) is 118 Å². The summed E-state index contributed by atoms with van der Waals surface area (Å²) in [5.74, 6) is 0.531. The molecule has 1 heterocycles. The Morgan fingerprint density at radius 1 is 1.03 bits per heavy atom. The zero-order chi connectivity index (χ0) is 22.4. The molecule has 0 unspecified atom stereocenters. The van der Waals surface area contributed by atoms with Crippen molar-refractivity contribution in [2.45, 2.75) is 11.3 Å². The maximum absolute atomic E-state index is 12.4. The number of pyridine rings is 1. The lowest BCUT2D eigenvalue weighted by atomic mass is 10.1. The summed E-state index contributed by atoms with van der Waals surface area (Å²) in [5, 5.41) is 3.80. The lowest BCUT2D eigenvalue weighted by Crippen LogP contribution is -2.38. The molecule has 0 bridgehead atoms. The Balaban J connectivity index is 1.55. The van der Waals surface area contributed by atoms with E-state index in [0.29, 0.717) is 18.8 Å². The average molecular weight is 442 g/mol. The Bertz CT molecular complexity index is 1200. The molecule has 162 valence electrons. The van der Waals surface area contributed by atoms with Crippen LogP contribution >= 0.6 is 0 Å². The largest absolute Gasteiger partial charge is 0.452 e. The average Bonchev–Trinajstić information content (AvgIpc) is 2.78. The van der Waals surface area contributed by atoms with Crippen molar-refractivity contribution in [1.29, 1.82) is 0 Å². The van der Waals surface area contributed by atoms with Gasteiger partial charge in [0.15, 0.2) is 0 Å². The second kappa shape index (κ2) is 9.43. The molecule has 2 aromatic carbocycles. The Morgan fingerprint density at radius 3 is 2.45 bits per heavy atom. The van der Waals surface area contributed by atoms with Gasteiger partial charge < -0.3 is 10.1 Å². The number of ether oxygens (including phenoxy) is 1. The van der Waals surface area contributed by atoms with Gasteiger partial charge in [-0.25, -0.2) is 27.7 Å². The number of urea groups is 1. The lowest BCUT2D eigenvalue weighted by molar-refractivity contribution is 0.177. The number of rotatable bonds is 6. The van der Waals surface area contributed by atoms with Crippen LogP contribution in [-0.4, -0.2) is 46.2 Å². The van der Waals surface area contributed by atoms with E-state index in [2.05, 4.69) is 15.0 Å². The van der Waals surface area contributed by atoms with Crippen molar-refractivity contribution < 1.29 is 22.7 Å². The van der Waals surface area contributed by atoms with Gasteiger partial charge in [0.1, 0.15) is 5.82 Å². The summed E-state index contributed by atoms with van der Waals surface area (Å²) >= 11 is 0. The van der Waals surface area contributed by atoms with E-state index >= 15 is 0 Å². The quantitative estimate of drug-likeness (QED) is 0.606. The number of nitrogens with zero attached hydrogens (tertiary/aromatic N) is 2. The van der Waals surface area contributed by atoms with Gasteiger partial charge in [-0.2, -0.15) is 0 Å². The zero-order valence-electron chi connectivity index (χ0n) is 17.0. The van der Waals surface area contributed by atoms with Crippen molar-refractivity contribution in [1.82, 2.24) is 15.0 Å². The Hall–Kier alpha value is -3.66. The van der Waals surface area contributed by atoms with Crippen LogP contribution in [0, 0.1) is 0 Å². The molecular formula is C21H22N4O5S. The van der Waals surface area contributed by atoms with Crippen LogP contribution in [0.3, 0.4) is 0 Å². The van der Waals surface area contributed by atoms with Crippen LogP contribution in [0.2, 0.25) is 0 Å². The van der Waals surface area contributed by atoms with Crippen molar-refractivity contribution in [3.63, 3.8) is 0 Å². The van der Waals surface area contributed by atoms with Crippen LogP contribution < -0.4 is 14.9 Å².